The number of hydrogen-bond acceptors (Lipinski definition) is 4. The summed E-state index contributed by atoms with van der Waals surface area (Å²) in [7, 11) is 2.13. The van der Waals surface area contributed by atoms with E-state index in [-0.39, 0.29) is 11.8 Å². The molecule has 4 nitrogen and oxygen atoms in total. The molecule has 0 amide bonds. The van der Waals surface area contributed by atoms with Crippen LogP contribution in [0.3, 0.4) is 0 Å². The average Bonchev–Trinajstić information content (AvgIpc) is 2.63. The van der Waals surface area contributed by atoms with Crippen LogP contribution < -0.4 is 4.90 Å². The lowest BCUT2D eigenvalue weighted by Crippen LogP contribution is -2.47. The number of fused-ring (bicyclic) bond motifs is 5. The topological polar surface area (TPSA) is 36.4 Å². The molecule has 2 aromatic rings. The summed E-state index contributed by atoms with van der Waals surface area (Å²) in [6.07, 6.45) is 1.78. The molecule has 1 aromatic carbocycles. The fourth-order valence-electron chi connectivity index (χ4n) is 3.38. The van der Waals surface area contributed by atoms with Gasteiger partial charge in [-0.05, 0) is 24.7 Å². The Bertz CT molecular complexity index is 713. The van der Waals surface area contributed by atoms with Gasteiger partial charge in [-0.25, -0.2) is 4.98 Å². The predicted octanol–water partition coefficient (Wildman–Crippen LogP) is 2.12. The SMILES string of the molecule is CN1CCN2c3ncccc3C(=O)c3ccccc3[C@H]2C1. The Labute approximate surface area is 124 Å². The van der Waals surface area contributed by atoms with Crippen molar-refractivity contribution in [2.24, 2.45) is 0 Å². The highest BCUT2D eigenvalue weighted by atomic mass is 16.1. The van der Waals surface area contributed by atoms with Crippen LogP contribution in [0.5, 0.6) is 0 Å². The van der Waals surface area contributed by atoms with Gasteiger partial charge in [-0.1, -0.05) is 24.3 Å². The molecule has 0 spiro atoms. The van der Waals surface area contributed by atoms with E-state index in [0.29, 0.717) is 0 Å². The zero-order valence-corrected chi connectivity index (χ0v) is 12.0. The highest BCUT2D eigenvalue weighted by Gasteiger charge is 2.35. The molecule has 0 bridgehead atoms. The fourth-order valence-corrected chi connectivity index (χ4v) is 3.38. The third-order valence-electron chi connectivity index (χ3n) is 4.45. The third-order valence-corrected chi connectivity index (χ3v) is 4.45. The fraction of sp³-hybridized carbons (Fsp3) is 0.294. The van der Waals surface area contributed by atoms with Gasteiger partial charge in [0, 0.05) is 31.4 Å². The molecule has 106 valence electrons. The highest BCUT2D eigenvalue weighted by molar-refractivity contribution is 6.13. The van der Waals surface area contributed by atoms with Gasteiger partial charge in [0.05, 0.1) is 11.6 Å². The molecule has 0 N–H and O–H groups in total. The summed E-state index contributed by atoms with van der Waals surface area (Å²) in [5, 5.41) is 0. The van der Waals surface area contributed by atoms with Crippen LogP contribution in [0.4, 0.5) is 5.82 Å². The summed E-state index contributed by atoms with van der Waals surface area (Å²) < 4.78 is 0. The first-order valence-corrected chi connectivity index (χ1v) is 7.29. The molecule has 4 rings (SSSR count). The van der Waals surface area contributed by atoms with Gasteiger partial charge in [-0.15, -0.1) is 0 Å². The molecule has 1 fully saturated rings. The molecular weight excluding hydrogens is 262 g/mol. The van der Waals surface area contributed by atoms with E-state index in [0.717, 1.165) is 42.1 Å². The second-order valence-electron chi connectivity index (χ2n) is 5.76. The third kappa shape index (κ3) is 1.87. The first kappa shape index (κ1) is 12.5. The number of carbonyl (C=O) groups excluding carboxylic acids is 1. The van der Waals surface area contributed by atoms with Crippen molar-refractivity contribution in [1.29, 1.82) is 0 Å². The number of benzene rings is 1. The molecule has 1 atom stereocenters. The maximum atomic E-state index is 12.9. The average molecular weight is 279 g/mol. The minimum atomic E-state index is 0.0887. The number of nitrogens with zero attached hydrogens (tertiary/aromatic N) is 3. The van der Waals surface area contributed by atoms with Crippen LogP contribution in [0, 0.1) is 0 Å². The Hall–Kier alpha value is -2.20. The summed E-state index contributed by atoms with van der Waals surface area (Å²) in [6, 6.07) is 11.9. The van der Waals surface area contributed by atoms with Gasteiger partial charge in [0.25, 0.3) is 0 Å². The molecule has 21 heavy (non-hydrogen) atoms. The van der Waals surface area contributed by atoms with E-state index in [2.05, 4.69) is 27.9 Å². The summed E-state index contributed by atoms with van der Waals surface area (Å²) in [6.45, 7) is 2.80. The summed E-state index contributed by atoms with van der Waals surface area (Å²) >= 11 is 0. The molecule has 2 aliphatic rings. The summed E-state index contributed by atoms with van der Waals surface area (Å²) in [5.74, 6) is 0.919. The Kier molecular flexibility index (Phi) is 2.79. The molecule has 0 radical (unpaired) electrons. The van der Waals surface area contributed by atoms with Gasteiger partial charge in [0.2, 0.25) is 0 Å². The predicted molar refractivity (Wildman–Crippen MR) is 81.7 cm³/mol. The Morgan fingerprint density at radius 3 is 2.81 bits per heavy atom. The monoisotopic (exact) mass is 279 g/mol. The van der Waals surface area contributed by atoms with E-state index in [1.54, 1.807) is 6.20 Å². The second kappa shape index (κ2) is 4.67. The lowest BCUT2D eigenvalue weighted by atomic mass is 9.95. The second-order valence-corrected chi connectivity index (χ2v) is 5.76. The number of anilines is 1. The van der Waals surface area contributed by atoms with Crippen molar-refractivity contribution < 1.29 is 4.79 Å². The van der Waals surface area contributed by atoms with E-state index < -0.39 is 0 Å². The number of likely N-dealkylation sites (N-methyl/N-ethyl adjacent to an activating group) is 1. The number of piperazine rings is 1. The van der Waals surface area contributed by atoms with Crippen LogP contribution >= 0.6 is 0 Å². The van der Waals surface area contributed by atoms with Crippen LogP contribution in [-0.4, -0.2) is 42.3 Å². The number of ketones is 1. The quantitative estimate of drug-likeness (QED) is 0.740. The zero-order valence-electron chi connectivity index (χ0n) is 12.0. The van der Waals surface area contributed by atoms with Gasteiger partial charge >= 0.3 is 0 Å². The molecule has 3 heterocycles. The molecule has 0 saturated carbocycles. The lowest BCUT2D eigenvalue weighted by molar-refractivity contribution is 0.103. The molecule has 4 heteroatoms. The van der Waals surface area contributed by atoms with E-state index in [9.17, 15) is 4.79 Å². The molecule has 1 aromatic heterocycles. The lowest BCUT2D eigenvalue weighted by Gasteiger charge is -2.40. The van der Waals surface area contributed by atoms with Crippen molar-refractivity contribution >= 4 is 11.6 Å². The van der Waals surface area contributed by atoms with Crippen LogP contribution in [0.25, 0.3) is 0 Å². The van der Waals surface area contributed by atoms with Crippen LogP contribution in [0.15, 0.2) is 42.6 Å². The molecule has 0 aliphatic carbocycles. The smallest absolute Gasteiger partial charge is 0.197 e. The molecule has 1 saturated heterocycles. The van der Waals surface area contributed by atoms with Crippen molar-refractivity contribution in [1.82, 2.24) is 9.88 Å². The minimum Gasteiger partial charge on any atom is -0.346 e. The zero-order chi connectivity index (χ0) is 14.4. The largest absolute Gasteiger partial charge is 0.346 e. The molecular formula is C17H17N3O. The standard InChI is InChI=1S/C17H17N3O/c1-19-9-10-20-15(11-19)12-5-2-3-6-13(12)16(21)14-7-4-8-18-17(14)20/h2-8,15H,9-11H2,1H3/t15-/m1/s1. The highest BCUT2D eigenvalue weighted by Crippen LogP contribution is 2.37. The normalized spacial score (nSPS) is 21.3. The van der Waals surface area contributed by atoms with Crippen molar-refractivity contribution in [3.8, 4) is 0 Å². The number of pyridine rings is 1. The first-order chi connectivity index (χ1) is 10.3. The van der Waals surface area contributed by atoms with Gasteiger partial charge in [-0.2, -0.15) is 0 Å². The van der Waals surface area contributed by atoms with Crippen molar-refractivity contribution in [3.63, 3.8) is 0 Å². The molecule has 0 unspecified atom stereocenters. The summed E-state index contributed by atoms with van der Waals surface area (Å²) in [5.41, 5.74) is 2.65. The Balaban J connectivity index is 1.97. The maximum Gasteiger partial charge on any atom is 0.197 e. The van der Waals surface area contributed by atoms with Crippen LogP contribution in [0.2, 0.25) is 0 Å². The van der Waals surface area contributed by atoms with Gasteiger partial charge in [0.15, 0.2) is 5.78 Å². The maximum absolute atomic E-state index is 12.9. The van der Waals surface area contributed by atoms with Gasteiger partial charge < -0.3 is 9.80 Å². The first-order valence-electron chi connectivity index (χ1n) is 7.29. The number of carbonyl (C=O) groups is 1. The van der Waals surface area contributed by atoms with E-state index in [1.807, 2.05) is 30.3 Å². The van der Waals surface area contributed by atoms with Crippen molar-refractivity contribution in [3.05, 3.63) is 59.3 Å². The Morgan fingerprint density at radius 1 is 1.10 bits per heavy atom. The van der Waals surface area contributed by atoms with Crippen LogP contribution in [0.1, 0.15) is 27.5 Å². The van der Waals surface area contributed by atoms with Crippen molar-refractivity contribution in [2.75, 3.05) is 31.6 Å². The van der Waals surface area contributed by atoms with Crippen LogP contribution in [-0.2, 0) is 0 Å². The minimum absolute atomic E-state index is 0.0887. The molecule has 2 aliphatic heterocycles. The van der Waals surface area contributed by atoms with Crippen molar-refractivity contribution in [2.45, 2.75) is 6.04 Å². The number of hydrogen-bond donors (Lipinski definition) is 0. The van der Waals surface area contributed by atoms with E-state index in [1.165, 1.54) is 0 Å². The van der Waals surface area contributed by atoms with Gasteiger partial charge in [-0.3, -0.25) is 4.79 Å². The number of aromatic nitrogens is 1. The van der Waals surface area contributed by atoms with Gasteiger partial charge in [0.1, 0.15) is 5.82 Å². The Morgan fingerprint density at radius 2 is 1.90 bits per heavy atom. The number of rotatable bonds is 0. The summed E-state index contributed by atoms with van der Waals surface area (Å²) in [4.78, 5) is 22.0. The van der Waals surface area contributed by atoms with E-state index >= 15 is 0 Å². The van der Waals surface area contributed by atoms with E-state index in [4.69, 9.17) is 0 Å².